The Labute approximate surface area is 162 Å². The summed E-state index contributed by atoms with van der Waals surface area (Å²) in [4.78, 5) is 0. The molecule has 0 aromatic heterocycles. The summed E-state index contributed by atoms with van der Waals surface area (Å²) in [6.07, 6.45) is 11.9. The molecular weight excluding hydrogens is 320 g/mol. The van der Waals surface area contributed by atoms with Gasteiger partial charge in [0, 0.05) is 0 Å². The van der Waals surface area contributed by atoms with Crippen molar-refractivity contribution >= 4 is 0 Å². The summed E-state index contributed by atoms with van der Waals surface area (Å²) in [5.41, 5.74) is 1.83. The first-order valence-electron chi connectivity index (χ1n) is 11.2. The maximum Gasteiger partial charge on any atom is 0.0904 e. The molecule has 1 heterocycles. The summed E-state index contributed by atoms with van der Waals surface area (Å²) in [6, 6.07) is 0. The Kier molecular flexibility index (Phi) is 6.24. The Morgan fingerprint density at radius 2 is 1.81 bits per heavy atom. The first-order chi connectivity index (χ1) is 12.2. The lowest BCUT2D eigenvalue weighted by molar-refractivity contribution is -0.0766. The largest absolute Gasteiger partial charge is 0.374 e. The standard InChI is InChI=1S/C24H42O2/c1-17(2)22-12-7-18(3)13-24(22)14-19(16-26-24)15-25-21-10-8-20(9-11-21)23(4,5)6/h14,17-18,20-22H,7-13,15-16H2,1-6H3/t18-,20?,21?,22+,24+/m1/s1. The van der Waals surface area contributed by atoms with E-state index in [1.54, 1.807) is 0 Å². The van der Waals surface area contributed by atoms with E-state index in [4.69, 9.17) is 9.47 Å². The second-order valence-electron chi connectivity index (χ2n) is 10.9. The lowest BCUT2D eigenvalue weighted by Crippen LogP contribution is -2.44. The number of rotatable bonds is 4. The molecule has 2 nitrogen and oxygen atoms in total. The molecule has 0 aromatic carbocycles. The molecule has 1 spiro atoms. The third kappa shape index (κ3) is 4.55. The van der Waals surface area contributed by atoms with Crippen molar-refractivity contribution in [3.8, 4) is 0 Å². The zero-order valence-corrected chi connectivity index (χ0v) is 18.1. The van der Waals surface area contributed by atoms with Gasteiger partial charge >= 0.3 is 0 Å². The topological polar surface area (TPSA) is 18.5 Å². The van der Waals surface area contributed by atoms with Gasteiger partial charge in [0.1, 0.15) is 0 Å². The average molecular weight is 363 g/mol. The van der Waals surface area contributed by atoms with Crippen LogP contribution in [0.3, 0.4) is 0 Å². The summed E-state index contributed by atoms with van der Waals surface area (Å²) >= 11 is 0. The van der Waals surface area contributed by atoms with E-state index in [-0.39, 0.29) is 5.60 Å². The van der Waals surface area contributed by atoms with Crippen LogP contribution in [0.2, 0.25) is 0 Å². The molecule has 2 heteroatoms. The lowest BCUT2D eigenvalue weighted by Gasteiger charge is -2.44. The Hall–Kier alpha value is -0.340. The van der Waals surface area contributed by atoms with Gasteiger partial charge in [-0.1, -0.05) is 48.0 Å². The number of hydrogen-bond acceptors (Lipinski definition) is 2. The second-order valence-corrected chi connectivity index (χ2v) is 10.9. The summed E-state index contributed by atoms with van der Waals surface area (Å²) in [7, 11) is 0. The summed E-state index contributed by atoms with van der Waals surface area (Å²) in [6.45, 7) is 15.8. The van der Waals surface area contributed by atoms with Gasteiger partial charge in [-0.2, -0.15) is 0 Å². The van der Waals surface area contributed by atoms with Gasteiger partial charge in [0.15, 0.2) is 0 Å². The monoisotopic (exact) mass is 362 g/mol. The molecular formula is C24H42O2. The molecule has 0 saturated heterocycles. The fraction of sp³-hybridized carbons (Fsp3) is 0.917. The van der Waals surface area contributed by atoms with Crippen LogP contribution < -0.4 is 0 Å². The molecule has 150 valence electrons. The quantitative estimate of drug-likeness (QED) is 0.539. The molecule has 2 aliphatic carbocycles. The SMILES string of the molecule is CC(C)[C@@H]1CC[C@@H](C)C[C@]12C=C(COC1CCC(C(C)(C)C)CC1)CO2. The Morgan fingerprint density at radius 3 is 2.42 bits per heavy atom. The highest BCUT2D eigenvalue weighted by Gasteiger charge is 2.46. The molecule has 3 rings (SSSR count). The van der Waals surface area contributed by atoms with Crippen molar-refractivity contribution in [1.29, 1.82) is 0 Å². The molecule has 3 atom stereocenters. The van der Waals surface area contributed by atoms with E-state index in [1.165, 1.54) is 50.5 Å². The fourth-order valence-corrected chi connectivity index (χ4v) is 5.80. The molecule has 0 aromatic rings. The van der Waals surface area contributed by atoms with Gasteiger partial charge in [-0.25, -0.2) is 0 Å². The van der Waals surface area contributed by atoms with E-state index in [2.05, 4.69) is 47.6 Å². The molecule has 2 saturated carbocycles. The van der Waals surface area contributed by atoms with Crippen molar-refractivity contribution in [3.63, 3.8) is 0 Å². The third-order valence-electron chi connectivity index (χ3n) is 7.45. The van der Waals surface area contributed by atoms with Gasteiger partial charge in [-0.3, -0.25) is 0 Å². The molecule has 1 aliphatic heterocycles. The Morgan fingerprint density at radius 1 is 1.12 bits per heavy atom. The van der Waals surface area contributed by atoms with E-state index in [0.29, 0.717) is 23.4 Å². The Bertz CT molecular complexity index is 493. The minimum absolute atomic E-state index is 0.00553. The van der Waals surface area contributed by atoms with E-state index >= 15 is 0 Å². The van der Waals surface area contributed by atoms with Crippen LogP contribution in [0.4, 0.5) is 0 Å². The molecule has 0 bridgehead atoms. The van der Waals surface area contributed by atoms with Crippen molar-refractivity contribution in [2.24, 2.45) is 29.1 Å². The van der Waals surface area contributed by atoms with Crippen LogP contribution in [-0.4, -0.2) is 24.9 Å². The van der Waals surface area contributed by atoms with Crippen molar-refractivity contribution in [2.75, 3.05) is 13.2 Å². The van der Waals surface area contributed by atoms with Crippen LogP contribution >= 0.6 is 0 Å². The fourth-order valence-electron chi connectivity index (χ4n) is 5.80. The minimum atomic E-state index is -0.00553. The predicted octanol–water partition coefficient (Wildman–Crippen LogP) is 6.40. The van der Waals surface area contributed by atoms with Crippen LogP contribution in [0.15, 0.2) is 11.6 Å². The zero-order chi connectivity index (χ0) is 18.9. The van der Waals surface area contributed by atoms with E-state index in [0.717, 1.165) is 25.0 Å². The zero-order valence-electron chi connectivity index (χ0n) is 18.1. The predicted molar refractivity (Wildman–Crippen MR) is 109 cm³/mol. The second kappa shape index (κ2) is 7.95. The Balaban J connectivity index is 1.54. The molecule has 26 heavy (non-hydrogen) atoms. The van der Waals surface area contributed by atoms with Crippen molar-refractivity contribution in [3.05, 3.63) is 11.6 Å². The molecule has 0 unspecified atom stereocenters. The summed E-state index contributed by atoms with van der Waals surface area (Å²) < 4.78 is 12.8. The lowest BCUT2D eigenvalue weighted by atomic mass is 9.67. The average Bonchev–Trinajstić information content (AvgIpc) is 2.95. The first kappa shape index (κ1) is 20.4. The molecule has 0 amide bonds. The third-order valence-corrected chi connectivity index (χ3v) is 7.45. The van der Waals surface area contributed by atoms with Gasteiger partial charge in [-0.05, 0) is 79.3 Å². The van der Waals surface area contributed by atoms with Crippen LogP contribution in [0.5, 0.6) is 0 Å². The smallest absolute Gasteiger partial charge is 0.0904 e. The maximum atomic E-state index is 6.47. The van der Waals surface area contributed by atoms with E-state index < -0.39 is 0 Å². The highest BCUT2D eigenvalue weighted by molar-refractivity contribution is 5.21. The van der Waals surface area contributed by atoms with Crippen molar-refractivity contribution in [1.82, 2.24) is 0 Å². The van der Waals surface area contributed by atoms with Crippen LogP contribution in [0.25, 0.3) is 0 Å². The number of ether oxygens (including phenoxy) is 2. The van der Waals surface area contributed by atoms with Crippen molar-refractivity contribution in [2.45, 2.75) is 98.2 Å². The number of hydrogen-bond donors (Lipinski definition) is 0. The molecule has 2 fully saturated rings. The van der Waals surface area contributed by atoms with Crippen molar-refractivity contribution < 1.29 is 9.47 Å². The van der Waals surface area contributed by atoms with Gasteiger partial charge in [0.2, 0.25) is 0 Å². The van der Waals surface area contributed by atoms with Crippen LogP contribution in [-0.2, 0) is 9.47 Å². The van der Waals surface area contributed by atoms with Crippen LogP contribution in [0.1, 0.15) is 86.5 Å². The van der Waals surface area contributed by atoms with Gasteiger partial charge in [0.05, 0.1) is 24.9 Å². The summed E-state index contributed by atoms with van der Waals surface area (Å²) in [5, 5.41) is 0. The van der Waals surface area contributed by atoms with Crippen LogP contribution in [0, 0.1) is 29.1 Å². The van der Waals surface area contributed by atoms with Gasteiger partial charge in [0.25, 0.3) is 0 Å². The first-order valence-corrected chi connectivity index (χ1v) is 11.2. The van der Waals surface area contributed by atoms with E-state index in [9.17, 15) is 0 Å². The van der Waals surface area contributed by atoms with E-state index in [1.807, 2.05) is 0 Å². The van der Waals surface area contributed by atoms with Gasteiger partial charge < -0.3 is 9.47 Å². The molecule has 0 N–H and O–H groups in total. The van der Waals surface area contributed by atoms with Gasteiger partial charge in [-0.15, -0.1) is 0 Å². The highest BCUT2D eigenvalue weighted by atomic mass is 16.5. The highest BCUT2D eigenvalue weighted by Crippen LogP contribution is 2.47. The minimum Gasteiger partial charge on any atom is -0.374 e. The maximum absolute atomic E-state index is 6.47. The normalized spacial score (nSPS) is 38.8. The molecule has 3 aliphatic rings. The summed E-state index contributed by atoms with van der Waals surface area (Å²) in [5.74, 6) is 2.98. The molecule has 0 radical (unpaired) electrons.